The number of piperidine rings is 1. The maximum Gasteiger partial charge on any atom is 0.255 e. The summed E-state index contributed by atoms with van der Waals surface area (Å²) in [5, 5.41) is 0.510. The van der Waals surface area contributed by atoms with E-state index in [1.165, 1.54) is 0 Å². The fraction of sp³-hybridized carbons (Fsp3) is 0.444. The van der Waals surface area contributed by atoms with Crippen LogP contribution >= 0.6 is 27.5 Å². The van der Waals surface area contributed by atoms with E-state index in [4.69, 9.17) is 11.6 Å². The van der Waals surface area contributed by atoms with Crippen LogP contribution in [0.25, 0.3) is 0 Å². The number of benzene rings is 1. The van der Waals surface area contributed by atoms with Crippen molar-refractivity contribution < 1.29 is 4.79 Å². The maximum absolute atomic E-state index is 12.7. The fourth-order valence-electron chi connectivity index (χ4n) is 3.25. The zero-order valence-corrected chi connectivity index (χ0v) is 16.1. The molecule has 6 heteroatoms. The minimum atomic E-state index is 0.0247. The zero-order chi connectivity index (χ0) is 17.1. The second kappa shape index (κ2) is 7.70. The van der Waals surface area contributed by atoms with Crippen LogP contribution in [-0.4, -0.2) is 33.4 Å². The summed E-state index contributed by atoms with van der Waals surface area (Å²) in [4.78, 5) is 19.0. The van der Waals surface area contributed by atoms with Gasteiger partial charge in [-0.2, -0.15) is 0 Å². The van der Waals surface area contributed by atoms with Gasteiger partial charge in [-0.3, -0.25) is 4.79 Å². The summed E-state index contributed by atoms with van der Waals surface area (Å²) < 4.78 is 3.12. The van der Waals surface area contributed by atoms with Crippen LogP contribution in [0.5, 0.6) is 0 Å². The molecule has 0 atom stereocenters. The van der Waals surface area contributed by atoms with Crippen molar-refractivity contribution in [1.29, 1.82) is 0 Å². The molecule has 0 N–H and O–H groups in total. The summed E-state index contributed by atoms with van der Waals surface area (Å²) in [6, 6.07) is 5.41. The van der Waals surface area contributed by atoms with Crippen LogP contribution in [-0.2, 0) is 13.0 Å². The number of hydrogen-bond acceptors (Lipinski definition) is 2. The van der Waals surface area contributed by atoms with Gasteiger partial charge in [0.2, 0.25) is 0 Å². The van der Waals surface area contributed by atoms with Gasteiger partial charge >= 0.3 is 0 Å². The van der Waals surface area contributed by atoms with E-state index in [1.807, 2.05) is 17.2 Å². The average molecular weight is 411 g/mol. The molecule has 1 aliphatic rings. The standard InChI is InChI=1S/C18H21BrClN3O/c1-2-17-21-7-10-23(17)12-13-5-8-22(9-6-13)18(24)15-11-14(19)3-4-16(15)20/h3-4,7,10-11,13H,2,5-6,8-9,12H2,1H3. The third kappa shape index (κ3) is 3.83. The van der Waals surface area contributed by atoms with Gasteiger partial charge in [0.1, 0.15) is 5.82 Å². The number of hydrogen-bond donors (Lipinski definition) is 0. The van der Waals surface area contributed by atoms with Crippen LogP contribution in [0.2, 0.25) is 5.02 Å². The van der Waals surface area contributed by atoms with Crippen LogP contribution in [0.4, 0.5) is 0 Å². The number of aromatic nitrogens is 2. The minimum absolute atomic E-state index is 0.0247. The summed E-state index contributed by atoms with van der Waals surface area (Å²) in [6.07, 6.45) is 6.90. The Kier molecular flexibility index (Phi) is 5.61. The highest BCUT2D eigenvalue weighted by Crippen LogP contribution is 2.26. The molecule has 1 aliphatic heterocycles. The van der Waals surface area contributed by atoms with E-state index in [9.17, 15) is 4.79 Å². The quantitative estimate of drug-likeness (QED) is 0.748. The second-order valence-corrected chi connectivity index (χ2v) is 7.53. The smallest absolute Gasteiger partial charge is 0.255 e. The van der Waals surface area contributed by atoms with Crippen molar-refractivity contribution in [2.75, 3.05) is 13.1 Å². The van der Waals surface area contributed by atoms with Crippen molar-refractivity contribution in [1.82, 2.24) is 14.5 Å². The van der Waals surface area contributed by atoms with E-state index in [2.05, 4.69) is 38.6 Å². The first-order valence-electron chi connectivity index (χ1n) is 8.32. The number of halogens is 2. The number of amides is 1. The Morgan fingerprint density at radius 1 is 1.38 bits per heavy atom. The number of rotatable bonds is 4. The van der Waals surface area contributed by atoms with Gasteiger partial charge in [0.05, 0.1) is 10.6 Å². The van der Waals surface area contributed by atoms with E-state index in [1.54, 1.807) is 12.1 Å². The van der Waals surface area contributed by atoms with Crippen LogP contribution < -0.4 is 0 Å². The predicted molar refractivity (Wildman–Crippen MR) is 99.4 cm³/mol. The highest BCUT2D eigenvalue weighted by atomic mass is 79.9. The molecule has 24 heavy (non-hydrogen) atoms. The van der Waals surface area contributed by atoms with Crippen molar-refractivity contribution in [3.05, 3.63) is 51.5 Å². The Balaban J connectivity index is 1.60. The number of likely N-dealkylation sites (tertiary alicyclic amines) is 1. The van der Waals surface area contributed by atoms with Crippen LogP contribution in [0, 0.1) is 5.92 Å². The molecule has 0 saturated carbocycles. The monoisotopic (exact) mass is 409 g/mol. The zero-order valence-electron chi connectivity index (χ0n) is 13.7. The summed E-state index contributed by atoms with van der Waals surface area (Å²) in [7, 11) is 0. The number of carbonyl (C=O) groups excluding carboxylic acids is 1. The molecule has 0 unspecified atom stereocenters. The molecule has 4 nitrogen and oxygen atoms in total. The first-order chi connectivity index (χ1) is 11.6. The molecule has 1 aromatic heterocycles. The molecule has 0 bridgehead atoms. The molecule has 128 valence electrons. The molecule has 0 radical (unpaired) electrons. The largest absolute Gasteiger partial charge is 0.339 e. The van der Waals surface area contributed by atoms with Crippen LogP contribution in [0.15, 0.2) is 35.1 Å². The van der Waals surface area contributed by atoms with Crippen molar-refractivity contribution in [2.45, 2.75) is 32.7 Å². The normalized spacial score (nSPS) is 15.7. The Bertz CT molecular complexity index is 723. The van der Waals surface area contributed by atoms with Gasteiger partial charge in [0.25, 0.3) is 5.91 Å². The number of carbonyl (C=O) groups is 1. The molecule has 1 fully saturated rings. The maximum atomic E-state index is 12.7. The molecule has 2 aromatic rings. The molecular weight excluding hydrogens is 390 g/mol. The molecule has 0 aliphatic carbocycles. The fourth-order valence-corrected chi connectivity index (χ4v) is 3.81. The van der Waals surface area contributed by atoms with Crippen molar-refractivity contribution >= 4 is 33.4 Å². The van der Waals surface area contributed by atoms with Crippen LogP contribution in [0.1, 0.15) is 35.9 Å². The minimum Gasteiger partial charge on any atom is -0.339 e. The van der Waals surface area contributed by atoms with Crippen molar-refractivity contribution in [3.8, 4) is 0 Å². The van der Waals surface area contributed by atoms with Gasteiger partial charge in [0.15, 0.2) is 0 Å². The van der Waals surface area contributed by atoms with E-state index < -0.39 is 0 Å². The molecule has 1 aromatic carbocycles. The van der Waals surface area contributed by atoms with Crippen LogP contribution in [0.3, 0.4) is 0 Å². The Hall–Kier alpha value is -1.33. The van der Waals surface area contributed by atoms with Gasteiger partial charge in [-0.1, -0.05) is 34.5 Å². The SMILES string of the molecule is CCc1nccn1CC1CCN(C(=O)c2cc(Br)ccc2Cl)CC1. The first kappa shape index (κ1) is 17.5. The summed E-state index contributed by atoms with van der Waals surface area (Å²) in [5.74, 6) is 1.75. The summed E-state index contributed by atoms with van der Waals surface area (Å²) in [6.45, 7) is 4.68. The van der Waals surface area contributed by atoms with E-state index in [0.717, 1.165) is 49.2 Å². The van der Waals surface area contributed by atoms with Crippen molar-refractivity contribution in [3.63, 3.8) is 0 Å². The van der Waals surface area contributed by atoms with Gasteiger partial charge in [-0.05, 0) is 37.0 Å². The van der Waals surface area contributed by atoms with E-state index in [0.29, 0.717) is 16.5 Å². The van der Waals surface area contributed by atoms with Gasteiger partial charge in [-0.15, -0.1) is 0 Å². The second-order valence-electron chi connectivity index (χ2n) is 6.21. The van der Waals surface area contributed by atoms with Crippen molar-refractivity contribution in [2.24, 2.45) is 5.92 Å². The highest BCUT2D eigenvalue weighted by molar-refractivity contribution is 9.10. The topological polar surface area (TPSA) is 38.1 Å². The Labute approximate surface area is 155 Å². The molecule has 1 saturated heterocycles. The van der Waals surface area contributed by atoms with Gasteiger partial charge in [0, 0.05) is 42.9 Å². The lowest BCUT2D eigenvalue weighted by atomic mass is 9.96. The molecule has 2 heterocycles. The first-order valence-corrected chi connectivity index (χ1v) is 9.50. The molecule has 0 spiro atoms. The number of nitrogens with zero attached hydrogens (tertiary/aromatic N) is 3. The predicted octanol–water partition coefficient (Wildman–Crippen LogP) is 4.41. The lowest BCUT2D eigenvalue weighted by Crippen LogP contribution is -2.39. The molecular formula is C18H21BrClN3O. The van der Waals surface area contributed by atoms with E-state index >= 15 is 0 Å². The molecule has 3 rings (SSSR count). The number of aryl methyl sites for hydroxylation is 1. The third-order valence-electron chi connectivity index (χ3n) is 4.63. The average Bonchev–Trinajstić information content (AvgIpc) is 3.04. The molecule has 1 amide bonds. The van der Waals surface area contributed by atoms with Gasteiger partial charge < -0.3 is 9.47 Å². The summed E-state index contributed by atoms with van der Waals surface area (Å²) >= 11 is 9.60. The number of imidazole rings is 1. The third-order valence-corrected chi connectivity index (χ3v) is 5.46. The Morgan fingerprint density at radius 2 is 2.12 bits per heavy atom. The lowest BCUT2D eigenvalue weighted by molar-refractivity contribution is 0.0682. The Morgan fingerprint density at radius 3 is 2.83 bits per heavy atom. The van der Waals surface area contributed by atoms with E-state index in [-0.39, 0.29) is 5.91 Å². The van der Waals surface area contributed by atoms with Gasteiger partial charge in [-0.25, -0.2) is 4.98 Å². The summed E-state index contributed by atoms with van der Waals surface area (Å²) in [5.41, 5.74) is 0.576. The lowest BCUT2D eigenvalue weighted by Gasteiger charge is -2.32. The highest BCUT2D eigenvalue weighted by Gasteiger charge is 2.25.